The fraction of sp³-hybridized carbons (Fsp3) is 0.571. The first kappa shape index (κ1) is 12.5. The Kier molecular flexibility index (Phi) is 4.78. The van der Waals surface area contributed by atoms with Crippen molar-refractivity contribution in [2.45, 2.75) is 37.5 Å². The zero-order chi connectivity index (χ0) is 11.4. The molecule has 1 aromatic carbocycles. The molecule has 1 unspecified atom stereocenters. The highest BCUT2D eigenvalue weighted by Crippen LogP contribution is 2.29. The average molecular weight is 299 g/mol. The van der Waals surface area contributed by atoms with Crippen molar-refractivity contribution in [1.29, 1.82) is 0 Å². The summed E-state index contributed by atoms with van der Waals surface area (Å²) in [4.78, 5) is 1.46. The van der Waals surface area contributed by atoms with Crippen molar-refractivity contribution in [2.75, 3.05) is 11.1 Å². The molecule has 2 heteroatoms. The van der Waals surface area contributed by atoms with E-state index in [9.17, 15) is 0 Å². The second-order valence-electron chi connectivity index (χ2n) is 4.52. The fourth-order valence-electron chi connectivity index (χ4n) is 2.12. The maximum atomic E-state index is 3.59. The van der Waals surface area contributed by atoms with Crippen LogP contribution in [0.5, 0.6) is 0 Å². The standard InChI is InChI=1S/C14H19BrS/c1-2-11(9-15)10-16-14-7-6-12-4-3-5-13(12)8-14/h6-8,11H,2-5,9-10H2,1H3. The monoisotopic (exact) mass is 298 g/mol. The summed E-state index contributed by atoms with van der Waals surface area (Å²) in [5.41, 5.74) is 3.17. The Morgan fingerprint density at radius 1 is 1.31 bits per heavy atom. The Morgan fingerprint density at radius 3 is 2.88 bits per heavy atom. The van der Waals surface area contributed by atoms with E-state index < -0.39 is 0 Å². The molecule has 0 spiro atoms. The number of aryl methyl sites for hydroxylation is 2. The summed E-state index contributed by atoms with van der Waals surface area (Å²) in [6.45, 7) is 2.27. The van der Waals surface area contributed by atoms with Crippen molar-refractivity contribution in [3.8, 4) is 0 Å². The smallest absolute Gasteiger partial charge is 0.00749 e. The van der Waals surface area contributed by atoms with Gasteiger partial charge in [0.05, 0.1) is 0 Å². The molecule has 1 aliphatic rings. The van der Waals surface area contributed by atoms with E-state index in [0.29, 0.717) is 0 Å². The minimum atomic E-state index is 0.804. The van der Waals surface area contributed by atoms with E-state index in [1.165, 1.54) is 36.3 Å². The van der Waals surface area contributed by atoms with Gasteiger partial charge in [0.25, 0.3) is 0 Å². The third-order valence-corrected chi connectivity index (χ3v) is 5.49. The molecule has 1 atom stereocenters. The van der Waals surface area contributed by atoms with E-state index >= 15 is 0 Å². The average Bonchev–Trinajstić information content (AvgIpc) is 2.77. The van der Waals surface area contributed by atoms with Crippen molar-refractivity contribution >= 4 is 27.7 Å². The van der Waals surface area contributed by atoms with Crippen LogP contribution in [-0.4, -0.2) is 11.1 Å². The van der Waals surface area contributed by atoms with Crippen molar-refractivity contribution in [1.82, 2.24) is 0 Å². The second kappa shape index (κ2) is 6.11. The van der Waals surface area contributed by atoms with Gasteiger partial charge in [-0.05, 0) is 48.4 Å². The first-order valence-electron chi connectivity index (χ1n) is 6.14. The summed E-state index contributed by atoms with van der Waals surface area (Å²) < 4.78 is 0. The number of fused-ring (bicyclic) bond motifs is 1. The molecule has 1 aliphatic carbocycles. The number of halogens is 1. The highest BCUT2D eigenvalue weighted by molar-refractivity contribution is 9.09. The zero-order valence-electron chi connectivity index (χ0n) is 9.84. The zero-order valence-corrected chi connectivity index (χ0v) is 12.2. The maximum absolute atomic E-state index is 3.59. The molecule has 0 saturated heterocycles. The van der Waals surface area contributed by atoms with Gasteiger partial charge < -0.3 is 0 Å². The summed E-state index contributed by atoms with van der Waals surface area (Å²) in [6.07, 6.45) is 5.20. The third kappa shape index (κ3) is 3.04. The lowest BCUT2D eigenvalue weighted by molar-refractivity contribution is 0.652. The van der Waals surface area contributed by atoms with Gasteiger partial charge in [0.15, 0.2) is 0 Å². The summed E-state index contributed by atoms with van der Waals surface area (Å²) in [5.74, 6) is 2.04. The highest BCUT2D eigenvalue weighted by atomic mass is 79.9. The van der Waals surface area contributed by atoms with Crippen LogP contribution in [0.25, 0.3) is 0 Å². The van der Waals surface area contributed by atoms with Gasteiger partial charge in [0, 0.05) is 16.0 Å². The van der Waals surface area contributed by atoms with Crippen molar-refractivity contribution in [3.05, 3.63) is 29.3 Å². The van der Waals surface area contributed by atoms with Gasteiger partial charge in [-0.1, -0.05) is 35.3 Å². The second-order valence-corrected chi connectivity index (χ2v) is 6.26. The minimum Gasteiger partial charge on any atom is -0.126 e. The molecule has 0 saturated carbocycles. The van der Waals surface area contributed by atoms with Crippen LogP contribution in [0.4, 0.5) is 0 Å². The normalized spacial score (nSPS) is 16.1. The van der Waals surface area contributed by atoms with Crippen LogP contribution < -0.4 is 0 Å². The molecule has 0 radical (unpaired) electrons. The number of thioether (sulfide) groups is 1. The Hall–Kier alpha value is 0.0500. The number of rotatable bonds is 5. The van der Waals surface area contributed by atoms with Gasteiger partial charge in [0.2, 0.25) is 0 Å². The van der Waals surface area contributed by atoms with Crippen molar-refractivity contribution in [2.24, 2.45) is 5.92 Å². The highest BCUT2D eigenvalue weighted by Gasteiger charge is 2.11. The number of benzene rings is 1. The molecule has 0 bridgehead atoms. The fourth-order valence-corrected chi connectivity index (χ4v) is 4.28. The maximum Gasteiger partial charge on any atom is 0.00749 e. The van der Waals surface area contributed by atoms with Crippen LogP contribution in [-0.2, 0) is 12.8 Å². The van der Waals surface area contributed by atoms with E-state index in [1.807, 2.05) is 11.8 Å². The van der Waals surface area contributed by atoms with E-state index in [-0.39, 0.29) is 0 Å². The quantitative estimate of drug-likeness (QED) is 0.561. The van der Waals surface area contributed by atoms with Crippen LogP contribution >= 0.6 is 27.7 Å². The Bertz CT molecular complexity index is 345. The van der Waals surface area contributed by atoms with Crippen LogP contribution in [0, 0.1) is 5.92 Å². The topological polar surface area (TPSA) is 0 Å². The van der Waals surface area contributed by atoms with Crippen LogP contribution in [0.1, 0.15) is 30.9 Å². The van der Waals surface area contributed by atoms with Gasteiger partial charge in [-0.2, -0.15) is 0 Å². The van der Waals surface area contributed by atoms with Crippen LogP contribution in [0.15, 0.2) is 23.1 Å². The molecule has 0 heterocycles. The van der Waals surface area contributed by atoms with Gasteiger partial charge >= 0.3 is 0 Å². The van der Waals surface area contributed by atoms with E-state index in [4.69, 9.17) is 0 Å². The lowest BCUT2D eigenvalue weighted by atomic mass is 10.1. The Balaban J connectivity index is 1.95. The first-order valence-corrected chi connectivity index (χ1v) is 8.24. The largest absolute Gasteiger partial charge is 0.126 e. The van der Waals surface area contributed by atoms with E-state index in [1.54, 1.807) is 11.1 Å². The summed E-state index contributed by atoms with van der Waals surface area (Å²) >= 11 is 5.60. The third-order valence-electron chi connectivity index (χ3n) is 3.35. The molecule has 0 aliphatic heterocycles. The van der Waals surface area contributed by atoms with Crippen LogP contribution in [0.3, 0.4) is 0 Å². The molecule has 2 rings (SSSR count). The van der Waals surface area contributed by atoms with E-state index in [0.717, 1.165) is 11.2 Å². The molecule has 0 N–H and O–H groups in total. The molecular weight excluding hydrogens is 280 g/mol. The van der Waals surface area contributed by atoms with Gasteiger partial charge in [0.1, 0.15) is 0 Å². The predicted molar refractivity (Wildman–Crippen MR) is 76.8 cm³/mol. The SMILES string of the molecule is CCC(CBr)CSc1ccc2c(c1)CCC2. The molecule has 16 heavy (non-hydrogen) atoms. The molecular formula is C14H19BrS. The lowest BCUT2D eigenvalue weighted by Crippen LogP contribution is -2.03. The van der Waals surface area contributed by atoms with Crippen LogP contribution in [0.2, 0.25) is 0 Å². The first-order chi connectivity index (χ1) is 7.83. The number of hydrogen-bond acceptors (Lipinski definition) is 1. The molecule has 88 valence electrons. The molecule has 0 nitrogen and oxygen atoms in total. The summed E-state index contributed by atoms with van der Waals surface area (Å²) in [5, 5.41) is 1.13. The van der Waals surface area contributed by atoms with Gasteiger partial charge in [-0.3, -0.25) is 0 Å². The predicted octanol–water partition coefficient (Wildman–Crippen LogP) is 4.69. The molecule has 0 amide bonds. The van der Waals surface area contributed by atoms with Crippen molar-refractivity contribution in [3.63, 3.8) is 0 Å². The van der Waals surface area contributed by atoms with Gasteiger partial charge in [-0.25, -0.2) is 0 Å². The summed E-state index contributed by atoms with van der Waals surface area (Å²) in [6, 6.07) is 7.05. The number of alkyl halides is 1. The summed E-state index contributed by atoms with van der Waals surface area (Å²) in [7, 11) is 0. The molecule has 1 aromatic rings. The number of hydrogen-bond donors (Lipinski definition) is 0. The van der Waals surface area contributed by atoms with E-state index in [2.05, 4.69) is 41.1 Å². The Morgan fingerprint density at radius 2 is 2.12 bits per heavy atom. The minimum absolute atomic E-state index is 0.804. The Labute approximate surface area is 111 Å². The van der Waals surface area contributed by atoms with Gasteiger partial charge in [-0.15, -0.1) is 11.8 Å². The van der Waals surface area contributed by atoms with Crippen molar-refractivity contribution < 1.29 is 0 Å². The molecule has 0 fully saturated rings. The lowest BCUT2D eigenvalue weighted by Gasteiger charge is -2.11. The molecule has 0 aromatic heterocycles.